The van der Waals surface area contributed by atoms with Crippen LogP contribution in [0.3, 0.4) is 0 Å². The number of carbonyl (C=O) groups excluding carboxylic acids is 2. The van der Waals surface area contributed by atoms with Gasteiger partial charge in [0.1, 0.15) is 6.61 Å². The van der Waals surface area contributed by atoms with Gasteiger partial charge in [0.15, 0.2) is 0 Å². The standard InChI is InChI=1S/C15H27N3O3/c1-21-12-14(20)18-9-7-17(8-10-18)13(19)11-15(16)5-3-2-4-6-15/h2-12,16H2,1H3. The molecule has 6 heteroatoms. The summed E-state index contributed by atoms with van der Waals surface area (Å²) in [4.78, 5) is 27.7. The fourth-order valence-corrected chi connectivity index (χ4v) is 3.27. The van der Waals surface area contributed by atoms with Gasteiger partial charge in [-0.2, -0.15) is 0 Å². The lowest BCUT2D eigenvalue weighted by molar-refractivity contribution is -0.142. The van der Waals surface area contributed by atoms with Crippen LogP contribution in [-0.4, -0.2) is 67.0 Å². The fraction of sp³-hybridized carbons (Fsp3) is 0.867. The molecule has 1 heterocycles. The number of piperazine rings is 1. The zero-order valence-electron chi connectivity index (χ0n) is 13.0. The summed E-state index contributed by atoms with van der Waals surface area (Å²) < 4.78 is 4.86. The summed E-state index contributed by atoms with van der Waals surface area (Å²) in [7, 11) is 1.52. The molecule has 0 radical (unpaired) electrons. The molecule has 1 aliphatic carbocycles. The van der Waals surface area contributed by atoms with Gasteiger partial charge in [0, 0.05) is 45.2 Å². The zero-order valence-corrected chi connectivity index (χ0v) is 13.0. The molecule has 0 spiro atoms. The highest BCUT2D eigenvalue weighted by atomic mass is 16.5. The summed E-state index contributed by atoms with van der Waals surface area (Å²) in [6, 6.07) is 0. The van der Waals surface area contributed by atoms with Gasteiger partial charge in [-0.05, 0) is 12.8 Å². The van der Waals surface area contributed by atoms with Crippen LogP contribution >= 0.6 is 0 Å². The Labute approximate surface area is 126 Å². The fourth-order valence-electron chi connectivity index (χ4n) is 3.27. The van der Waals surface area contributed by atoms with Gasteiger partial charge in [-0.1, -0.05) is 19.3 Å². The van der Waals surface area contributed by atoms with E-state index in [9.17, 15) is 9.59 Å². The van der Waals surface area contributed by atoms with E-state index >= 15 is 0 Å². The number of hydrogen-bond acceptors (Lipinski definition) is 4. The van der Waals surface area contributed by atoms with Gasteiger partial charge in [0.05, 0.1) is 0 Å². The maximum atomic E-state index is 12.4. The first-order chi connectivity index (χ1) is 10.0. The second-order valence-electron chi connectivity index (χ2n) is 6.29. The summed E-state index contributed by atoms with van der Waals surface area (Å²) in [5, 5.41) is 0. The lowest BCUT2D eigenvalue weighted by atomic mass is 9.80. The second kappa shape index (κ2) is 7.22. The molecule has 2 fully saturated rings. The molecule has 120 valence electrons. The highest BCUT2D eigenvalue weighted by molar-refractivity contribution is 5.79. The van der Waals surface area contributed by atoms with Crippen LogP contribution in [0.15, 0.2) is 0 Å². The SMILES string of the molecule is COCC(=O)N1CCN(C(=O)CC2(N)CCCCC2)CC1. The zero-order chi connectivity index (χ0) is 15.3. The van der Waals surface area contributed by atoms with Crippen molar-refractivity contribution in [2.24, 2.45) is 5.73 Å². The first-order valence-corrected chi connectivity index (χ1v) is 7.87. The predicted molar refractivity (Wildman–Crippen MR) is 79.7 cm³/mol. The molecule has 1 saturated carbocycles. The van der Waals surface area contributed by atoms with E-state index in [1.165, 1.54) is 13.5 Å². The molecule has 21 heavy (non-hydrogen) atoms. The third-order valence-electron chi connectivity index (χ3n) is 4.61. The van der Waals surface area contributed by atoms with E-state index in [-0.39, 0.29) is 24.0 Å². The van der Waals surface area contributed by atoms with Gasteiger partial charge in [0.25, 0.3) is 0 Å². The van der Waals surface area contributed by atoms with Crippen LogP contribution in [0.2, 0.25) is 0 Å². The van der Waals surface area contributed by atoms with Crippen LogP contribution in [0.5, 0.6) is 0 Å². The van der Waals surface area contributed by atoms with Crippen molar-refractivity contribution < 1.29 is 14.3 Å². The Morgan fingerprint density at radius 1 is 1.00 bits per heavy atom. The molecule has 0 aromatic carbocycles. The summed E-state index contributed by atoms with van der Waals surface area (Å²) in [6.07, 6.45) is 5.83. The maximum Gasteiger partial charge on any atom is 0.248 e. The second-order valence-corrected chi connectivity index (χ2v) is 6.29. The van der Waals surface area contributed by atoms with E-state index in [2.05, 4.69) is 0 Å². The number of hydrogen-bond donors (Lipinski definition) is 1. The van der Waals surface area contributed by atoms with Crippen molar-refractivity contribution in [2.75, 3.05) is 39.9 Å². The van der Waals surface area contributed by atoms with E-state index in [0.717, 1.165) is 25.7 Å². The lowest BCUT2D eigenvalue weighted by Gasteiger charge is -2.38. The number of nitrogens with zero attached hydrogens (tertiary/aromatic N) is 2. The van der Waals surface area contributed by atoms with Crippen LogP contribution in [-0.2, 0) is 14.3 Å². The Morgan fingerprint density at radius 3 is 2.05 bits per heavy atom. The molecular weight excluding hydrogens is 270 g/mol. The van der Waals surface area contributed by atoms with E-state index in [4.69, 9.17) is 10.5 Å². The Balaban J connectivity index is 1.79. The third kappa shape index (κ3) is 4.41. The first kappa shape index (κ1) is 16.2. The Kier molecular flexibility index (Phi) is 5.58. The molecule has 2 aliphatic rings. The van der Waals surface area contributed by atoms with E-state index < -0.39 is 0 Å². The van der Waals surface area contributed by atoms with Gasteiger partial charge < -0.3 is 20.3 Å². The number of rotatable bonds is 4. The van der Waals surface area contributed by atoms with Crippen molar-refractivity contribution in [1.82, 2.24) is 9.80 Å². The Hall–Kier alpha value is -1.14. The Morgan fingerprint density at radius 2 is 1.52 bits per heavy atom. The normalized spacial score (nSPS) is 22.2. The molecule has 1 saturated heterocycles. The predicted octanol–water partition coefficient (Wildman–Crippen LogP) is 0.355. The quantitative estimate of drug-likeness (QED) is 0.812. The van der Waals surface area contributed by atoms with Crippen LogP contribution in [0.25, 0.3) is 0 Å². The van der Waals surface area contributed by atoms with E-state index in [0.29, 0.717) is 32.6 Å². The molecular formula is C15H27N3O3. The molecule has 2 rings (SSSR count). The minimum Gasteiger partial charge on any atom is -0.375 e. The van der Waals surface area contributed by atoms with Crippen LogP contribution in [0.1, 0.15) is 38.5 Å². The molecule has 1 aliphatic heterocycles. The van der Waals surface area contributed by atoms with Gasteiger partial charge in [-0.3, -0.25) is 9.59 Å². The summed E-state index contributed by atoms with van der Waals surface area (Å²) >= 11 is 0. The first-order valence-electron chi connectivity index (χ1n) is 7.87. The summed E-state index contributed by atoms with van der Waals surface area (Å²) in [5.41, 5.74) is 6.05. The Bertz CT molecular complexity index is 372. The van der Waals surface area contributed by atoms with Crippen molar-refractivity contribution in [3.05, 3.63) is 0 Å². The average Bonchev–Trinajstić information content (AvgIpc) is 2.48. The van der Waals surface area contributed by atoms with Crippen molar-refractivity contribution in [1.29, 1.82) is 0 Å². The number of nitrogens with two attached hydrogens (primary N) is 1. The van der Waals surface area contributed by atoms with Gasteiger partial charge in [-0.25, -0.2) is 0 Å². The minimum atomic E-state index is -0.307. The minimum absolute atomic E-state index is 0.00725. The molecule has 2 N–H and O–H groups in total. The van der Waals surface area contributed by atoms with E-state index in [1.807, 2.05) is 4.90 Å². The maximum absolute atomic E-state index is 12.4. The number of methoxy groups -OCH3 is 1. The molecule has 0 unspecified atom stereocenters. The smallest absolute Gasteiger partial charge is 0.248 e. The molecule has 0 aromatic rings. The van der Waals surface area contributed by atoms with Gasteiger partial charge in [0.2, 0.25) is 11.8 Å². The number of amides is 2. The van der Waals surface area contributed by atoms with Crippen molar-refractivity contribution in [3.8, 4) is 0 Å². The van der Waals surface area contributed by atoms with Gasteiger partial charge >= 0.3 is 0 Å². The molecule has 6 nitrogen and oxygen atoms in total. The van der Waals surface area contributed by atoms with Crippen LogP contribution in [0.4, 0.5) is 0 Å². The number of ether oxygens (including phenoxy) is 1. The highest BCUT2D eigenvalue weighted by Crippen LogP contribution is 2.29. The van der Waals surface area contributed by atoms with Crippen LogP contribution in [0, 0.1) is 0 Å². The molecule has 0 aromatic heterocycles. The molecule has 0 atom stereocenters. The molecule has 0 bridgehead atoms. The van der Waals surface area contributed by atoms with Crippen LogP contribution < -0.4 is 5.73 Å². The van der Waals surface area contributed by atoms with E-state index in [1.54, 1.807) is 4.90 Å². The lowest BCUT2D eigenvalue weighted by Crippen LogP contribution is -2.54. The summed E-state index contributed by atoms with van der Waals surface area (Å²) in [5.74, 6) is 0.130. The third-order valence-corrected chi connectivity index (χ3v) is 4.61. The summed E-state index contributed by atoms with van der Waals surface area (Å²) in [6.45, 7) is 2.49. The van der Waals surface area contributed by atoms with Crippen molar-refractivity contribution in [2.45, 2.75) is 44.1 Å². The van der Waals surface area contributed by atoms with Crippen molar-refractivity contribution >= 4 is 11.8 Å². The van der Waals surface area contributed by atoms with Crippen molar-refractivity contribution in [3.63, 3.8) is 0 Å². The topological polar surface area (TPSA) is 75.9 Å². The molecule has 2 amide bonds. The number of carbonyl (C=O) groups is 2. The highest BCUT2D eigenvalue weighted by Gasteiger charge is 2.33. The monoisotopic (exact) mass is 297 g/mol. The largest absolute Gasteiger partial charge is 0.375 e. The van der Waals surface area contributed by atoms with Gasteiger partial charge in [-0.15, -0.1) is 0 Å². The average molecular weight is 297 g/mol.